The molecular weight excluding hydrogens is 438 g/mol. The molecule has 0 aliphatic heterocycles. The summed E-state index contributed by atoms with van der Waals surface area (Å²) in [6.07, 6.45) is -1.09. The first kappa shape index (κ1) is 22.7. The molecule has 2 heterocycles. The average Bonchev–Trinajstić information content (AvgIpc) is 3.31. The van der Waals surface area contributed by atoms with Gasteiger partial charge in [-0.25, -0.2) is 18.4 Å². The molecule has 1 aromatic carbocycles. The zero-order chi connectivity index (χ0) is 22.8. The monoisotopic (exact) mass is 461 g/mol. The molecule has 1 unspecified atom stereocenters. The number of nitrogens with one attached hydrogen (secondary N) is 1. The fraction of sp³-hybridized carbons (Fsp3) is 0.238. The van der Waals surface area contributed by atoms with E-state index < -0.39 is 28.0 Å². The van der Waals surface area contributed by atoms with Crippen LogP contribution >= 0.6 is 11.3 Å². The van der Waals surface area contributed by atoms with Gasteiger partial charge in [-0.2, -0.15) is 0 Å². The Kier molecular flexibility index (Phi) is 6.63. The van der Waals surface area contributed by atoms with Crippen molar-refractivity contribution in [3.63, 3.8) is 0 Å². The van der Waals surface area contributed by atoms with E-state index in [0.29, 0.717) is 12.1 Å². The summed E-state index contributed by atoms with van der Waals surface area (Å²) in [6.45, 7) is 5.84. The Balaban J connectivity index is 1.68. The van der Waals surface area contributed by atoms with Crippen molar-refractivity contribution >= 4 is 38.9 Å². The molecule has 164 valence electrons. The molecule has 0 aliphatic carbocycles. The maximum atomic E-state index is 12.7. The van der Waals surface area contributed by atoms with E-state index in [0.717, 1.165) is 16.3 Å². The summed E-state index contributed by atoms with van der Waals surface area (Å²) in [6, 6.07) is 11.3. The lowest BCUT2D eigenvalue weighted by Gasteiger charge is -2.14. The Morgan fingerprint density at radius 1 is 1.19 bits per heavy atom. The second-order valence-corrected chi connectivity index (χ2v) is 9.65. The Hall–Kier alpha value is -2.95. The molecule has 31 heavy (non-hydrogen) atoms. The summed E-state index contributed by atoms with van der Waals surface area (Å²) < 4.78 is 30.3. The van der Waals surface area contributed by atoms with Crippen molar-refractivity contribution in [2.75, 3.05) is 5.32 Å². The van der Waals surface area contributed by atoms with E-state index in [-0.39, 0.29) is 10.6 Å². The number of esters is 1. The van der Waals surface area contributed by atoms with Gasteiger partial charge < -0.3 is 14.6 Å². The summed E-state index contributed by atoms with van der Waals surface area (Å²) in [4.78, 5) is 26.1. The van der Waals surface area contributed by atoms with E-state index >= 15 is 0 Å². The molecule has 0 saturated heterocycles. The Morgan fingerprint density at radius 3 is 2.58 bits per heavy atom. The average molecular weight is 462 g/mol. The first-order valence-corrected chi connectivity index (χ1v) is 11.8. The van der Waals surface area contributed by atoms with Gasteiger partial charge in [-0.05, 0) is 56.5 Å². The number of carbonyl (C=O) groups is 2. The van der Waals surface area contributed by atoms with Crippen molar-refractivity contribution in [2.24, 2.45) is 5.14 Å². The number of rotatable bonds is 7. The number of sulfonamides is 1. The second-order valence-electron chi connectivity index (χ2n) is 7.06. The van der Waals surface area contributed by atoms with Gasteiger partial charge in [0.1, 0.15) is 0 Å². The van der Waals surface area contributed by atoms with Crippen LogP contribution in [0, 0.1) is 13.8 Å². The van der Waals surface area contributed by atoms with Crippen LogP contribution in [0.1, 0.15) is 33.5 Å². The topological polar surface area (TPSA) is 120 Å². The number of hydrogen-bond donors (Lipinski definition) is 2. The van der Waals surface area contributed by atoms with Crippen LogP contribution in [-0.4, -0.2) is 31.0 Å². The van der Waals surface area contributed by atoms with Crippen molar-refractivity contribution in [3.8, 4) is 0 Å². The van der Waals surface area contributed by atoms with E-state index in [1.807, 2.05) is 35.9 Å². The fourth-order valence-corrected chi connectivity index (χ4v) is 4.33. The number of hydrogen-bond acceptors (Lipinski definition) is 6. The Labute approximate surface area is 184 Å². The molecule has 0 spiro atoms. The van der Waals surface area contributed by atoms with Crippen LogP contribution < -0.4 is 10.5 Å². The lowest BCUT2D eigenvalue weighted by molar-refractivity contribution is -0.123. The van der Waals surface area contributed by atoms with Crippen LogP contribution in [0.2, 0.25) is 0 Å². The molecule has 3 N–H and O–H groups in total. The molecule has 3 rings (SSSR count). The summed E-state index contributed by atoms with van der Waals surface area (Å²) in [5, 5.41) is 9.64. The molecule has 10 heteroatoms. The second kappa shape index (κ2) is 9.04. The maximum Gasteiger partial charge on any atom is 0.340 e. The highest BCUT2D eigenvalue weighted by Crippen LogP contribution is 2.21. The van der Waals surface area contributed by atoms with Gasteiger partial charge in [0.15, 0.2) is 6.10 Å². The van der Waals surface area contributed by atoms with Crippen LogP contribution in [-0.2, 0) is 26.1 Å². The van der Waals surface area contributed by atoms with Crippen molar-refractivity contribution in [1.82, 2.24) is 4.57 Å². The van der Waals surface area contributed by atoms with Gasteiger partial charge in [0.25, 0.3) is 5.91 Å². The van der Waals surface area contributed by atoms with E-state index in [2.05, 4.69) is 5.32 Å². The molecule has 1 amide bonds. The molecule has 0 bridgehead atoms. The highest BCUT2D eigenvalue weighted by atomic mass is 32.2. The van der Waals surface area contributed by atoms with E-state index in [1.54, 1.807) is 17.4 Å². The fourth-order valence-electron chi connectivity index (χ4n) is 3.08. The minimum absolute atomic E-state index is 0.131. The van der Waals surface area contributed by atoms with Crippen LogP contribution in [0.3, 0.4) is 0 Å². The SMILES string of the molecule is Cc1cc(C(=O)OC(C)C(=O)Nc2cccc(S(N)(=O)=O)c2)c(C)n1Cc1cccs1. The molecule has 0 saturated carbocycles. The molecule has 2 aromatic heterocycles. The highest BCUT2D eigenvalue weighted by molar-refractivity contribution is 7.89. The first-order chi connectivity index (χ1) is 14.6. The zero-order valence-corrected chi connectivity index (χ0v) is 18.9. The number of ether oxygens (including phenoxy) is 1. The summed E-state index contributed by atoms with van der Waals surface area (Å²) in [5.41, 5.74) is 2.29. The maximum absolute atomic E-state index is 12.7. The Morgan fingerprint density at radius 2 is 1.94 bits per heavy atom. The van der Waals surface area contributed by atoms with E-state index in [1.165, 1.54) is 31.2 Å². The third-order valence-corrected chi connectivity index (χ3v) is 6.54. The summed E-state index contributed by atoms with van der Waals surface area (Å²) in [5.74, 6) is -1.20. The summed E-state index contributed by atoms with van der Waals surface area (Å²) in [7, 11) is -3.90. The van der Waals surface area contributed by atoms with Crippen LogP contribution in [0.25, 0.3) is 0 Å². The Bertz CT molecular complexity index is 1210. The predicted molar refractivity (Wildman–Crippen MR) is 119 cm³/mol. The number of anilines is 1. The number of aryl methyl sites for hydroxylation is 1. The normalized spacial score (nSPS) is 12.4. The first-order valence-electron chi connectivity index (χ1n) is 9.40. The van der Waals surface area contributed by atoms with E-state index in [9.17, 15) is 18.0 Å². The third-order valence-electron chi connectivity index (χ3n) is 4.77. The van der Waals surface area contributed by atoms with Gasteiger partial charge >= 0.3 is 5.97 Å². The number of nitrogens with zero attached hydrogens (tertiary/aromatic N) is 1. The number of benzene rings is 1. The largest absolute Gasteiger partial charge is 0.449 e. The van der Waals surface area contributed by atoms with Gasteiger partial charge in [-0.1, -0.05) is 12.1 Å². The number of nitrogens with two attached hydrogens (primary N) is 1. The number of amides is 1. The van der Waals surface area contributed by atoms with Gasteiger partial charge in [-0.15, -0.1) is 11.3 Å². The number of thiophene rings is 1. The van der Waals surface area contributed by atoms with Gasteiger partial charge in [0.2, 0.25) is 10.0 Å². The molecule has 8 nitrogen and oxygen atoms in total. The van der Waals surface area contributed by atoms with Crippen molar-refractivity contribution in [2.45, 2.75) is 38.3 Å². The van der Waals surface area contributed by atoms with Gasteiger partial charge in [-0.3, -0.25) is 4.79 Å². The van der Waals surface area contributed by atoms with Crippen LogP contribution in [0.5, 0.6) is 0 Å². The standard InChI is InChI=1S/C21H23N3O5S2/c1-13-10-19(14(2)24(13)12-17-7-5-9-30-17)21(26)29-15(3)20(25)23-16-6-4-8-18(11-16)31(22,27)28/h4-11,15H,12H2,1-3H3,(H,23,25)(H2,22,27,28). The quantitative estimate of drug-likeness (QED) is 0.524. The number of carbonyl (C=O) groups excluding carboxylic acids is 2. The molecule has 0 aliphatic rings. The van der Waals surface area contributed by atoms with Gasteiger partial charge in [0, 0.05) is 22.0 Å². The van der Waals surface area contributed by atoms with Crippen LogP contribution in [0.4, 0.5) is 5.69 Å². The molecular formula is C21H23N3O5S2. The lowest BCUT2D eigenvalue weighted by atomic mass is 10.2. The van der Waals surface area contributed by atoms with Gasteiger partial charge in [0.05, 0.1) is 17.0 Å². The molecule has 1 atom stereocenters. The highest BCUT2D eigenvalue weighted by Gasteiger charge is 2.23. The molecule has 3 aromatic rings. The number of aromatic nitrogens is 1. The van der Waals surface area contributed by atoms with Crippen LogP contribution in [0.15, 0.2) is 52.7 Å². The smallest absolute Gasteiger partial charge is 0.340 e. The molecule has 0 fully saturated rings. The van der Waals surface area contributed by atoms with Crippen molar-refractivity contribution in [3.05, 3.63) is 69.7 Å². The lowest BCUT2D eigenvalue weighted by Crippen LogP contribution is -2.30. The zero-order valence-electron chi connectivity index (χ0n) is 17.3. The predicted octanol–water partition coefficient (Wildman–Crippen LogP) is 3.05. The van der Waals surface area contributed by atoms with Crippen molar-refractivity contribution < 1.29 is 22.7 Å². The minimum Gasteiger partial charge on any atom is -0.449 e. The number of primary sulfonamides is 1. The third kappa shape index (κ3) is 5.40. The van der Waals surface area contributed by atoms with Crippen molar-refractivity contribution in [1.29, 1.82) is 0 Å². The summed E-state index contributed by atoms with van der Waals surface area (Å²) >= 11 is 1.64. The molecule has 0 radical (unpaired) electrons. The van der Waals surface area contributed by atoms with E-state index in [4.69, 9.17) is 9.88 Å². The minimum atomic E-state index is -3.90.